The van der Waals surface area contributed by atoms with E-state index < -0.39 is 10.0 Å². The second kappa shape index (κ2) is 7.81. The van der Waals surface area contributed by atoms with Crippen LogP contribution in [-0.2, 0) is 21.2 Å². The number of rotatable bonds is 8. The van der Waals surface area contributed by atoms with Crippen molar-refractivity contribution in [2.45, 2.75) is 32.7 Å². The van der Waals surface area contributed by atoms with Crippen LogP contribution in [0.15, 0.2) is 30.5 Å². The van der Waals surface area contributed by atoms with Gasteiger partial charge in [-0.05, 0) is 31.4 Å². The standard InChI is InChI=1S/C17H25N3O3S/c1-4-13(2)19-17(21)12-20(24(3,22)23)10-9-14-11-18-16-8-6-5-7-15(14)16/h5-8,11,13,18H,4,9-10,12H2,1-3H3,(H,19,21). The molecule has 0 bridgehead atoms. The summed E-state index contributed by atoms with van der Waals surface area (Å²) in [5.41, 5.74) is 2.06. The van der Waals surface area contributed by atoms with Crippen LogP contribution >= 0.6 is 0 Å². The number of hydrogen-bond donors (Lipinski definition) is 2. The van der Waals surface area contributed by atoms with Crippen LogP contribution in [0.5, 0.6) is 0 Å². The Bertz CT molecular complexity index is 798. The largest absolute Gasteiger partial charge is 0.361 e. The summed E-state index contributed by atoms with van der Waals surface area (Å²) in [5.74, 6) is -0.270. The summed E-state index contributed by atoms with van der Waals surface area (Å²) in [7, 11) is -3.45. The van der Waals surface area contributed by atoms with Crippen molar-refractivity contribution in [3.63, 3.8) is 0 Å². The van der Waals surface area contributed by atoms with E-state index >= 15 is 0 Å². The van der Waals surface area contributed by atoms with Crippen LogP contribution in [0.2, 0.25) is 0 Å². The lowest BCUT2D eigenvalue weighted by Crippen LogP contribution is -2.43. The molecule has 0 saturated heterocycles. The number of carbonyl (C=O) groups excluding carboxylic acids is 1. The Morgan fingerprint density at radius 3 is 2.71 bits per heavy atom. The number of fused-ring (bicyclic) bond motifs is 1. The zero-order valence-corrected chi connectivity index (χ0v) is 15.2. The van der Waals surface area contributed by atoms with Crippen LogP contribution in [0.3, 0.4) is 0 Å². The highest BCUT2D eigenvalue weighted by atomic mass is 32.2. The van der Waals surface area contributed by atoms with Crippen LogP contribution in [0.4, 0.5) is 0 Å². The van der Waals surface area contributed by atoms with Gasteiger partial charge in [-0.2, -0.15) is 4.31 Å². The normalized spacial score (nSPS) is 13.3. The second-order valence-corrected chi connectivity index (χ2v) is 8.07. The number of para-hydroxylation sites is 1. The molecule has 0 saturated carbocycles. The molecule has 2 rings (SSSR count). The van der Waals surface area contributed by atoms with Crippen LogP contribution in [0.1, 0.15) is 25.8 Å². The molecule has 1 heterocycles. The predicted octanol–water partition coefficient (Wildman–Crippen LogP) is 1.89. The van der Waals surface area contributed by atoms with E-state index in [0.717, 1.165) is 29.1 Å². The summed E-state index contributed by atoms with van der Waals surface area (Å²) < 4.78 is 25.2. The summed E-state index contributed by atoms with van der Waals surface area (Å²) in [6, 6.07) is 7.92. The zero-order valence-electron chi connectivity index (χ0n) is 14.4. The Morgan fingerprint density at radius 2 is 2.04 bits per heavy atom. The average molecular weight is 351 g/mol. The molecule has 0 aliphatic rings. The Hall–Kier alpha value is -1.86. The molecule has 0 radical (unpaired) electrons. The van der Waals surface area contributed by atoms with E-state index in [1.807, 2.05) is 44.3 Å². The lowest BCUT2D eigenvalue weighted by atomic mass is 10.1. The molecule has 1 aromatic heterocycles. The fourth-order valence-corrected chi connectivity index (χ4v) is 3.30. The molecular formula is C17H25N3O3S. The minimum absolute atomic E-state index is 0.0347. The molecule has 1 aromatic carbocycles. The second-order valence-electron chi connectivity index (χ2n) is 6.08. The molecule has 132 valence electrons. The topological polar surface area (TPSA) is 82.3 Å². The molecule has 6 nitrogen and oxygen atoms in total. The third-order valence-corrected chi connectivity index (χ3v) is 5.36. The lowest BCUT2D eigenvalue weighted by Gasteiger charge is -2.20. The monoisotopic (exact) mass is 351 g/mol. The number of nitrogens with one attached hydrogen (secondary N) is 2. The van der Waals surface area contributed by atoms with Crippen molar-refractivity contribution in [2.24, 2.45) is 0 Å². The third kappa shape index (κ3) is 4.82. The number of aromatic amines is 1. The molecule has 1 amide bonds. The van der Waals surface area contributed by atoms with Gasteiger partial charge in [0.15, 0.2) is 0 Å². The maximum atomic E-state index is 12.0. The van der Waals surface area contributed by atoms with E-state index in [-0.39, 0.29) is 25.0 Å². The quantitative estimate of drug-likeness (QED) is 0.762. The number of benzene rings is 1. The number of amides is 1. The molecule has 2 aromatic rings. The van der Waals surface area contributed by atoms with Crippen LogP contribution in [0, 0.1) is 0 Å². The first-order chi connectivity index (χ1) is 11.3. The van der Waals surface area contributed by atoms with Gasteiger partial charge in [-0.3, -0.25) is 4.79 Å². The number of H-pyrrole nitrogens is 1. The van der Waals surface area contributed by atoms with Gasteiger partial charge in [0.1, 0.15) is 0 Å². The predicted molar refractivity (Wildman–Crippen MR) is 96.3 cm³/mol. The third-order valence-electron chi connectivity index (χ3n) is 4.11. The minimum atomic E-state index is -3.45. The molecule has 0 aliphatic carbocycles. The van der Waals surface area contributed by atoms with Gasteiger partial charge in [-0.15, -0.1) is 0 Å². The number of carbonyl (C=O) groups is 1. The van der Waals surface area contributed by atoms with Crippen molar-refractivity contribution in [1.82, 2.24) is 14.6 Å². The number of hydrogen-bond acceptors (Lipinski definition) is 3. The van der Waals surface area contributed by atoms with Gasteiger partial charge in [0.2, 0.25) is 15.9 Å². The maximum absolute atomic E-state index is 12.0. The average Bonchev–Trinajstić information content (AvgIpc) is 2.93. The first-order valence-corrected chi connectivity index (χ1v) is 9.95. The summed E-state index contributed by atoms with van der Waals surface area (Å²) >= 11 is 0. The molecular weight excluding hydrogens is 326 g/mol. The van der Waals surface area contributed by atoms with Crippen molar-refractivity contribution in [3.05, 3.63) is 36.0 Å². The number of aromatic nitrogens is 1. The molecule has 2 N–H and O–H groups in total. The first-order valence-electron chi connectivity index (χ1n) is 8.10. The van der Waals surface area contributed by atoms with Crippen molar-refractivity contribution in [1.29, 1.82) is 0 Å². The Balaban J connectivity index is 2.05. The molecule has 0 fully saturated rings. The Labute approximate surface area is 143 Å². The summed E-state index contributed by atoms with van der Waals surface area (Å²) in [5, 5.41) is 3.88. The van der Waals surface area contributed by atoms with Crippen molar-refractivity contribution in [3.8, 4) is 0 Å². The zero-order chi connectivity index (χ0) is 17.7. The fourth-order valence-electron chi connectivity index (χ4n) is 2.53. The highest BCUT2D eigenvalue weighted by molar-refractivity contribution is 7.88. The summed E-state index contributed by atoms with van der Waals surface area (Å²) in [6.45, 7) is 3.99. The lowest BCUT2D eigenvalue weighted by molar-refractivity contribution is -0.121. The Kier molecular flexibility index (Phi) is 6.01. The smallest absolute Gasteiger partial charge is 0.235 e. The van der Waals surface area contributed by atoms with Gasteiger partial charge in [-0.1, -0.05) is 25.1 Å². The van der Waals surface area contributed by atoms with E-state index in [1.54, 1.807) is 0 Å². The van der Waals surface area contributed by atoms with Crippen LogP contribution in [-0.4, -0.2) is 49.0 Å². The Morgan fingerprint density at radius 1 is 1.33 bits per heavy atom. The summed E-state index contributed by atoms with van der Waals surface area (Å²) in [4.78, 5) is 15.2. The summed E-state index contributed by atoms with van der Waals surface area (Å²) in [6.07, 6.45) is 4.39. The number of sulfonamides is 1. The van der Waals surface area contributed by atoms with Crippen molar-refractivity contribution in [2.75, 3.05) is 19.3 Å². The van der Waals surface area contributed by atoms with Gasteiger partial charge in [-0.25, -0.2) is 8.42 Å². The van der Waals surface area contributed by atoms with Crippen molar-refractivity contribution >= 4 is 26.8 Å². The molecule has 0 spiro atoms. The molecule has 1 unspecified atom stereocenters. The highest BCUT2D eigenvalue weighted by Crippen LogP contribution is 2.18. The van der Waals surface area contributed by atoms with E-state index in [2.05, 4.69) is 10.3 Å². The SMILES string of the molecule is CCC(C)NC(=O)CN(CCc1c[nH]c2ccccc12)S(C)(=O)=O. The van der Waals surface area contributed by atoms with E-state index in [1.165, 1.54) is 4.31 Å². The maximum Gasteiger partial charge on any atom is 0.235 e. The van der Waals surface area contributed by atoms with Crippen LogP contribution in [0.25, 0.3) is 10.9 Å². The van der Waals surface area contributed by atoms with Crippen molar-refractivity contribution < 1.29 is 13.2 Å². The highest BCUT2D eigenvalue weighted by Gasteiger charge is 2.21. The van der Waals surface area contributed by atoms with E-state index in [4.69, 9.17) is 0 Å². The van der Waals surface area contributed by atoms with Crippen LogP contribution < -0.4 is 5.32 Å². The van der Waals surface area contributed by atoms with Gasteiger partial charge in [0.25, 0.3) is 0 Å². The molecule has 7 heteroatoms. The fraction of sp³-hybridized carbons (Fsp3) is 0.471. The molecule has 0 aliphatic heterocycles. The first kappa shape index (κ1) is 18.5. The number of nitrogens with zero attached hydrogens (tertiary/aromatic N) is 1. The van der Waals surface area contributed by atoms with Gasteiger partial charge >= 0.3 is 0 Å². The molecule has 24 heavy (non-hydrogen) atoms. The van der Waals surface area contributed by atoms with Gasteiger partial charge in [0.05, 0.1) is 12.8 Å². The minimum Gasteiger partial charge on any atom is -0.361 e. The molecule has 1 atom stereocenters. The van der Waals surface area contributed by atoms with E-state index in [0.29, 0.717) is 6.42 Å². The van der Waals surface area contributed by atoms with Gasteiger partial charge in [0, 0.05) is 29.7 Å². The van der Waals surface area contributed by atoms with Gasteiger partial charge < -0.3 is 10.3 Å². The van der Waals surface area contributed by atoms with E-state index in [9.17, 15) is 13.2 Å².